The molecular formula is C17H17N3O4S. The summed E-state index contributed by atoms with van der Waals surface area (Å²) in [6.07, 6.45) is 0.0446. The topological polar surface area (TPSA) is 104 Å². The van der Waals surface area contributed by atoms with Crippen LogP contribution in [-0.2, 0) is 22.3 Å². The number of nitro groups is 1. The van der Waals surface area contributed by atoms with Gasteiger partial charge >= 0.3 is 0 Å². The van der Waals surface area contributed by atoms with E-state index < -0.39 is 20.7 Å². The normalized spacial score (nSPS) is 11.2. The molecule has 0 aliphatic rings. The van der Waals surface area contributed by atoms with Crippen molar-refractivity contribution in [2.75, 3.05) is 6.54 Å². The molecule has 2 aromatic rings. The molecule has 0 saturated carbocycles. The van der Waals surface area contributed by atoms with Crippen LogP contribution in [0.5, 0.6) is 0 Å². The van der Waals surface area contributed by atoms with Crippen molar-refractivity contribution in [2.45, 2.75) is 18.7 Å². The Morgan fingerprint density at radius 1 is 1.08 bits per heavy atom. The molecule has 0 aliphatic heterocycles. The largest absolute Gasteiger partial charge is 0.273 e. The van der Waals surface area contributed by atoms with Crippen molar-refractivity contribution in [2.24, 2.45) is 0 Å². The maximum absolute atomic E-state index is 12.8. The summed E-state index contributed by atoms with van der Waals surface area (Å²) in [7, 11) is -3.82. The summed E-state index contributed by atoms with van der Waals surface area (Å²) in [6.45, 7) is 0.153. The third-order valence-corrected chi connectivity index (χ3v) is 5.37. The van der Waals surface area contributed by atoms with Crippen LogP contribution in [0.4, 0.5) is 5.69 Å². The fourth-order valence-corrected chi connectivity index (χ4v) is 3.91. The predicted molar refractivity (Wildman–Crippen MR) is 92.8 cm³/mol. The number of nitrogens with zero attached hydrogens (tertiary/aromatic N) is 3. The lowest BCUT2D eigenvalue weighted by Gasteiger charge is -2.21. The van der Waals surface area contributed by atoms with E-state index in [0.717, 1.165) is 5.56 Å². The smallest absolute Gasteiger partial charge is 0.258 e. The van der Waals surface area contributed by atoms with Crippen LogP contribution in [0.2, 0.25) is 0 Å². The van der Waals surface area contributed by atoms with E-state index in [1.165, 1.54) is 22.5 Å². The standard InChI is InChI=1S/C17H17N3O4S/c18-11-6-12-19(13-15-7-2-1-3-8-15)25(23,24)14-16-9-4-5-10-17(16)20(21)22/h1-5,7-10H,6,12-14H2. The highest BCUT2D eigenvalue weighted by molar-refractivity contribution is 7.88. The van der Waals surface area contributed by atoms with Crippen molar-refractivity contribution in [1.82, 2.24) is 4.31 Å². The lowest BCUT2D eigenvalue weighted by molar-refractivity contribution is -0.385. The van der Waals surface area contributed by atoms with Crippen LogP contribution >= 0.6 is 0 Å². The third-order valence-electron chi connectivity index (χ3n) is 3.59. The average molecular weight is 359 g/mol. The van der Waals surface area contributed by atoms with E-state index in [9.17, 15) is 18.5 Å². The second-order valence-corrected chi connectivity index (χ2v) is 7.34. The zero-order chi connectivity index (χ0) is 18.3. The molecule has 0 spiro atoms. The average Bonchev–Trinajstić information content (AvgIpc) is 2.59. The van der Waals surface area contributed by atoms with Gasteiger partial charge in [-0.2, -0.15) is 9.57 Å². The molecule has 0 fully saturated rings. The van der Waals surface area contributed by atoms with Crippen LogP contribution in [0.15, 0.2) is 54.6 Å². The van der Waals surface area contributed by atoms with Gasteiger partial charge in [-0.3, -0.25) is 10.1 Å². The van der Waals surface area contributed by atoms with Crippen molar-refractivity contribution >= 4 is 15.7 Å². The van der Waals surface area contributed by atoms with Gasteiger partial charge in [0.2, 0.25) is 10.0 Å². The molecule has 0 N–H and O–H groups in total. The van der Waals surface area contributed by atoms with Crippen LogP contribution in [0.1, 0.15) is 17.5 Å². The Kier molecular flexibility index (Phi) is 6.22. The summed E-state index contributed by atoms with van der Waals surface area (Å²) >= 11 is 0. The van der Waals surface area contributed by atoms with Crippen LogP contribution < -0.4 is 0 Å². The molecule has 8 heteroatoms. The van der Waals surface area contributed by atoms with Crippen LogP contribution in [-0.4, -0.2) is 24.2 Å². The highest BCUT2D eigenvalue weighted by Crippen LogP contribution is 2.22. The SMILES string of the molecule is N#CCCN(Cc1ccccc1)S(=O)(=O)Cc1ccccc1[N+](=O)[O-]. The molecule has 0 atom stereocenters. The monoisotopic (exact) mass is 359 g/mol. The second-order valence-electron chi connectivity index (χ2n) is 5.37. The van der Waals surface area contributed by atoms with Gasteiger partial charge in [-0.15, -0.1) is 0 Å². The van der Waals surface area contributed by atoms with E-state index in [1.807, 2.05) is 12.1 Å². The van der Waals surface area contributed by atoms with Gasteiger partial charge in [0.15, 0.2) is 0 Å². The summed E-state index contributed by atoms with van der Waals surface area (Å²) in [5.74, 6) is -0.484. The van der Waals surface area contributed by atoms with E-state index in [2.05, 4.69) is 0 Å². The molecule has 0 radical (unpaired) electrons. The molecule has 7 nitrogen and oxygen atoms in total. The first-order valence-electron chi connectivity index (χ1n) is 7.55. The molecule has 0 aromatic heterocycles. The fraction of sp³-hybridized carbons (Fsp3) is 0.235. The maximum atomic E-state index is 12.8. The van der Waals surface area contributed by atoms with Crippen molar-refractivity contribution < 1.29 is 13.3 Å². The zero-order valence-electron chi connectivity index (χ0n) is 13.4. The number of benzene rings is 2. The van der Waals surface area contributed by atoms with Crippen LogP contribution in [0.25, 0.3) is 0 Å². The highest BCUT2D eigenvalue weighted by Gasteiger charge is 2.26. The Hall–Kier alpha value is -2.76. The van der Waals surface area contributed by atoms with Crippen molar-refractivity contribution in [3.8, 4) is 6.07 Å². The minimum absolute atomic E-state index is 0.0361. The maximum Gasteiger partial charge on any atom is 0.273 e. The van der Waals surface area contributed by atoms with E-state index >= 15 is 0 Å². The number of hydrogen-bond donors (Lipinski definition) is 0. The first kappa shape index (κ1) is 18.6. The molecule has 25 heavy (non-hydrogen) atoms. The van der Waals surface area contributed by atoms with Crippen LogP contribution in [0.3, 0.4) is 0 Å². The number of para-hydroxylation sites is 1. The molecular weight excluding hydrogens is 342 g/mol. The Bertz CT molecular complexity index is 876. The molecule has 0 saturated heterocycles. The van der Waals surface area contributed by atoms with Gasteiger partial charge in [-0.05, 0) is 5.56 Å². The third kappa shape index (κ3) is 5.11. The van der Waals surface area contributed by atoms with Crippen molar-refractivity contribution in [3.63, 3.8) is 0 Å². The van der Waals surface area contributed by atoms with Gasteiger partial charge in [0.25, 0.3) is 5.69 Å². The van der Waals surface area contributed by atoms with Crippen LogP contribution in [0, 0.1) is 21.4 Å². The number of hydrogen-bond acceptors (Lipinski definition) is 5. The first-order valence-corrected chi connectivity index (χ1v) is 9.16. The molecule has 0 unspecified atom stereocenters. The quantitative estimate of drug-likeness (QED) is 0.532. The second kappa shape index (κ2) is 8.37. The summed E-state index contributed by atoms with van der Waals surface area (Å²) in [6, 6.07) is 16.7. The molecule has 2 aromatic carbocycles. The number of nitriles is 1. The Morgan fingerprint density at radius 2 is 1.72 bits per heavy atom. The molecule has 0 aliphatic carbocycles. The molecule has 0 amide bonds. The number of nitro benzene ring substituents is 1. The van der Waals surface area contributed by atoms with E-state index in [0.29, 0.717) is 0 Å². The summed E-state index contributed by atoms with van der Waals surface area (Å²) < 4.78 is 26.8. The number of rotatable bonds is 8. The van der Waals surface area contributed by atoms with Crippen molar-refractivity contribution in [1.29, 1.82) is 5.26 Å². The Morgan fingerprint density at radius 3 is 2.36 bits per heavy atom. The minimum atomic E-state index is -3.82. The molecule has 0 bridgehead atoms. The lowest BCUT2D eigenvalue weighted by atomic mass is 10.2. The Balaban J connectivity index is 2.29. The first-order chi connectivity index (χ1) is 11.9. The minimum Gasteiger partial charge on any atom is -0.258 e. The lowest BCUT2D eigenvalue weighted by Crippen LogP contribution is -2.32. The van der Waals surface area contributed by atoms with Crippen molar-refractivity contribution in [3.05, 3.63) is 75.8 Å². The number of sulfonamides is 1. The zero-order valence-corrected chi connectivity index (χ0v) is 14.2. The van der Waals surface area contributed by atoms with Gasteiger partial charge in [-0.1, -0.05) is 48.5 Å². The van der Waals surface area contributed by atoms with Gasteiger partial charge in [-0.25, -0.2) is 8.42 Å². The summed E-state index contributed by atoms with van der Waals surface area (Å²) in [5, 5.41) is 19.9. The van der Waals surface area contributed by atoms with Gasteiger partial charge in [0.05, 0.1) is 16.7 Å². The van der Waals surface area contributed by atoms with E-state index in [1.54, 1.807) is 30.3 Å². The van der Waals surface area contributed by atoms with Gasteiger partial charge in [0.1, 0.15) is 0 Å². The molecule has 0 heterocycles. The van der Waals surface area contributed by atoms with E-state index in [-0.39, 0.29) is 30.8 Å². The molecule has 130 valence electrons. The summed E-state index contributed by atoms with van der Waals surface area (Å²) in [4.78, 5) is 10.5. The summed E-state index contributed by atoms with van der Waals surface area (Å²) in [5.41, 5.74) is 0.681. The fourth-order valence-electron chi connectivity index (χ4n) is 2.38. The van der Waals surface area contributed by atoms with Gasteiger partial charge in [0, 0.05) is 31.1 Å². The van der Waals surface area contributed by atoms with Gasteiger partial charge < -0.3 is 0 Å². The molecule has 2 rings (SSSR count). The Labute approximate surface area is 146 Å². The predicted octanol–water partition coefficient (Wildman–Crippen LogP) is 2.84. The highest BCUT2D eigenvalue weighted by atomic mass is 32.2. The van der Waals surface area contributed by atoms with E-state index in [4.69, 9.17) is 5.26 Å².